The molecule has 1 aliphatic rings. The molecule has 1 fully saturated rings. The molecule has 3 aromatic carbocycles. The molecule has 270 valence electrons. The standard InChI is InChI=1S/C35H41N6O9P/c1-20(2)27(32(43)48-21(3)22-12-7-6-8-13-22)40-51(45,50-25-17-11-15-23-14-9-10-16-24(23)25)47-18-26-29(42)35(4,44)33(49-26)41-19-37-28-30(41)38-34(36)39-31(28)46-5/h6-17,19-21,26-27,29,33,42,44H,18H2,1-5H3,(H,40,45)(H2,36,38,39)/t21-,26+,27-,29+,33?,35+,51?/m0/s1. The van der Waals surface area contributed by atoms with Gasteiger partial charge in [-0.2, -0.15) is 15.1 Å². The normalized spacial score (nSPS) is 22.9. The Kier molecular flexibility index (Phi) is 10.3. The number of imidazole rings is 1. The number of nitrogen functional groups attached to an aromatic ring is 1. The molecule has 1 saturated heterocycles. The number of aromatic nitrogens is 4. The molecule has 15 nitrogen and oxygen atoms in total. The van der Waals surface area contributed by atoms with Crippen LogP contribution in [0.1, 0.15) is 45.6 Å². The Balaban J connectivity index is 1.28. The van der Waals surface area contributed by atoms with Gasteiger partial charge in [0.2, 0.25) is 11.8 Å². The van der Waals surface area contributed by atoms with Crippen molar-refractivity contribution in [1.29, 1.82) is 0 Å². The second-order valence-electron chi connectivity index (χ2n) is 12.8. The van der Waals surface area contributed by atoms with Crippen LogP contribution in [0.25, 0.3) is 21.9 Å². The third-order valence-corrected chi connectivity index (χ3v) is 10.3. The van der Waals surface area contributed by atoms with Crippen LogP contribution in [0, 0.1) is 5.92 Å². The third-order valence-electron chi connectivity index (χ3n) is 8.76. The van der Waals surface area contributed by atoms with Crippen LogP contribution < -0.4 is 20.1 Å². The molecular formula is C35H41N6O9P. The average Bonchev–Trinajstić information content (AvgIpc) is 3.62. The van der Waals surface area contributed by atoms with Crippen molar-refractivity contribution >= 4 is 41.6 Å². The van der Waals surface area contributed by atoms with E-state index in [1.807, 2.05) is 54.6 Å². The Bertz CT molecular complexity index is 2050. The van der Waals surface area contributed by atoms with Crippen molar-refractivity contribution in [3.63, 3.8) is 0 Å². The van der Waals surface area contributed by atoms with Crippen molar-refractivity contribution in [2.24, 2.45) is 5.92 Å². The second-order valence-corrected chi connectivity index (χ2v) is 14.5. The monoisotopic (exact) mass is 720 g/mol. The van der Waals surface area contributed by atoms with Gasteiger partial charge in [0.15, 0.2) is 17.4 Å². The summed E-state index contributed by atoms with van der Waals surface area (Å²) in [6.07, 6.45) is -3.28. The van der Waals surface area contributed by atoms with Gasteiger partial charge in [-0.1, -0.05) is 80.6 Å². The van der Waals surface area contributed by atoms with E-state index in [0.29, 0.717) is 5.39 Å². The number of rotatable bonds is 13. The number of methoxy groups -OCH3 is 1. The van der Waals surface area contributed by atoms with E-state index in [2.05, 4.69) is 20.0 Å². The van der Waals surface area contributed by atoms with Crippen LogP contribution in [0.3, 0.4) is 0 Å². The number of nitrogens with two attached hydrogens (primary N) is 1. The smallest absolute Gasteiger partial charge is 0.459 e. The highest BCUT2D eigenvalue weighted by Crippen LogP contribution is 2.49. The lowest BCUT2D eigenvalue weighted by atomic mass is 9.96. The number of carbonyl (C=O) groups is 1. The van der Waals surface area contributed by atoms with Crippen LogP contribution in [0.2, 0.25) is 0 Å². The number of nitrogens with one attached hydrogen (secondary N) is 1. The molecule has 0 bridgehead atoms. The molecule has 0 amide bonds. The Morgan fingerprint density at radius 2 is 1.78 bits per heavy atom. The molecule has 0 saturated carbocycles. The minimum Gasteiger partial charge on any atom is -0.479 e. The van der Waals surface area contributed by atoms with E-state index in [0.717, 1.165) is 10.9 Å². The molecule has 16 heteroatoms. The average molecular weight is 721 g/mol. The lowest BCUT2D eigenvalue weighted by Crippen LogP contribution is -2.45. The quantitative estimate of drug-likeness (QED) is 0.0963. The summed E-state index contributed by atoms with van der Waals surface area (Å²) in [4.78, 5) is 26.2. The van der Waals surface area contributed by atoms with Crippen molar-refractivity contribution in [2.45, 2.75) is 63.9 Å². The summed E-state index contributed by atoms with van der Waals surface area (Å²) < 4.78 is 45.5. The van der Waals surface area contributed by atoms with Crippen LogP contribution >= 0.6 is 7.75 Å². The number of carbonyl (C=O) groups excluding carboxylic acids is 1. The third kappa shape index (κ3) is 7.40. The zero-order valence-corrected chi connectivity index (χ0v) is 29.6. The van der Waals surface area contributed by atoms with Crippen LogP contribution in [0.4, 0.5) is 5.95 Å². The Hall–Kier alpha value is -4.63. The topological polar surface area (TPSA) is 202 Å². The zero-order valence-electron chi connectivity index (χ0n) is 28.7. The molecule has 1 aliphatic heterocycles. The fraction of sp³-hybridized carbons (Fsp3) is 0.371. The Labute approximate surface area is 294 Å². The fourth-order valence-electron chi connectivity index (χ4n) is 5.95. The van der Waals surface area contributed by atoms with Gasteiger partial charge in [0, 0.05) is 5.39 Å². The van der Waals surface area contributed by atoms with E-state index in [9.17, 15) is 19.6 Å². The number of esters is 1. The Morgan fingerprint density at radius 3 is 2.51 bits per heavy atom. The van der Waals surface area contributed by atoms with Gasteiger partial charge in [-0.15, -0.1) is 0 Å². The first-order chi connectivity index (χ1) is 24.3. The number of anilines is 1. The highest BCUT2D eigenvalue weighted by molar-refractivity contribution is 7.52. The first-order valence-corrected chi connectivity index (χ1v) is 17.9. The summed E-state index contributed by atoms with van der Waals surface area (Å²) in [7, 11) is -3.08. The van der Waals surface area contributed by atoms with Gasteiger partial charge in [0.05, 0.1) is 20.0 Å². The predicted octanol–water partition coefficient (Wildman–Crippen LogP) is 4.70. The molecule has 3 heterocycles. The number of aliphatic hydroxyl groups is 2. The minimum absolute atomic E-state index is 0.104. The summed E-state index contributed by atoms with van der Waals surface area (Å²) in [6.45, 7) is 6.12. The van der Waals surface area contributed by atoms with Crippen molar-refractivity contribution < 1.29 is 42.8 Å². The lowest BCUT2D eigenvalue weighted by molar-refractivity contribution is -0.152. The van der Waals surface area contributed by atoms with E-state index in [-0.39, 0.29) is 28.7 Å². The SMILES string of the molecule is COc1nc(N)nc2c1ncn2C1O[C@H](COP(=O)(N[C@H](C(=O)O[C@@H](C)c2ccccc2)C(C)C)Oc2cccc3ccccc23)[C@@H](O)[C@@]1(C)O. The van der Waals surface area contributed by atoms with E-state index in [4.69, 9.17) is 29.0 Å². The summed E-state index contributed by atoms with van der Waals surface area (Å²) in [5.74, 6) is -0.855. The van der Waals surface area contributed by atoms with Gasteiger partial charge in [-0.05, 0) is 36.8 Å². The van der Waals surface area contributed by atoms with Crippen LogP contribution in [-0.4, -0.2) is 73.3 Å². The molecule has 5 N–H and O–H groups in total. The molecule has 2 unspecified atom stereocenters. The Morgan fingerprint density at radius 1 is 1.08 bits per heavy atom. The maximum absolute atomic E-state index is 14.8. The lowest BCUT2D eigenvalue weighted by Gasteiger charge is -2.29. The number of fused-ring (bicyclic) bond motifs is 2. The number of ether oxygens (including phenoxy) is 3. The second kappa shape index (κ2) is 14.5. The maximum atomic E-state index is 14.8. The minimum atomic E-state index is -4.48. The molecule has 5 aromatic rings. The molecule has 0 radical (unpaired) electrons. The number of aliphatic hydroxyl groups excluding tert-OH is 1. The molecular weight excluding hydrogens is 679 g/mol. The molecule has 6 rings (SSSR count). The van der Waals surface area contributed by atoms with Gasteiger partial charge in [0.1, 0.15) is 35.7 Å². The van der Waals surface area contributed by atoms with Crippen LogP contribution in [0.15, 0.2) is 79.1 Å². The first-order valence-electron chi connectivity index (χ1n) is 16.4. The van der Waals surface area contributed by atoms with Crippen LogP contribution in [-0.2, 0) is 23.4 Å². The summed E-state index contributed by atoms with van der Waals surface area (Å²) in [6, 6.07) is 20.7. The highest BCUT2D eigenvalue weighted by Gasteiger charge is 2.54. The molecule has 0 aliphatic carbocycles. The number of nitrogens with zero attached hydrogens (tertiary/aromatic N) is 4. The summed E-state index contributed by atoms with van der Waals surface area (Å²) in [5, 5.41) is 27.1. The van der Waals surface area contributed by atoms with Crippen molar-refractivity contribution in [2.75, 3.05) is 19.5 Å². The van der Waals surface area contributed by atoms with Gasteiger partial charge in [0.25, 0.3) is 0 Å². The molecule has 7 atom stereocenters. The van der Waals surface area contributed by atoms with Crippen molar-refractivity contribution in [3.05, 3.63) is 84.7 Å². The van der Waals surface area contributed by atoms with E-state index >= 15 is 0 Å². The van der Waals surface area contributed by atoms with Gasteiger partial charge in [-0.25, -0.2) is 9.55 Å². The number of benzene rings is 3. The van der Waals surface area contributed by atoms with Crippen molar-refractivity contribution in [3.8, 4) is 11.6 Å². The van der Waals surface area contributed by atoms with Gasteiger partial charge in [-0.3, -0.25) is 13.9 Å². The zero-order chi connectivity index (χ0) is 36.5. The largest absolute Gasteiger partial charge is 0.479 e. The molecule has 2 aromatic heterocycles. The van der Waals surface area contributed by atoms with Crippen LogP contribution in [0.5, 0.6) is 11.6 Å². The number of hydrogen-bond acceptors (Lipinski definition) is 13. The molecule has 0 spiro atoms. The molecule has 51 heavy (non-hydrogen) atoms. The first kappa shape index (κ1) is 36.2. The highest BCUT2D eigenvalue weighted by atomic mass is 31.2. The van der Waals surface area contributed by atoms with Gasteiger partial charge >= 0.3 is 13.7 Å². The summed E-state index contributed by atoms with van der Waals surface area (Å²) in [5.41, 5.74) is 5.19. The van der Waals surface area contributed by atoms with E-state index in [1.165, 1.54) is 24.9 Å². The van der Waals surface area contributed by atoms with Gasteiger partial charge < -0.3 is 34.7 Å². The summed E-state index contributed by atoms with van der Waals surface area (Å²) >= 11 is 0. The fourth-order valence-corrected chi connectivity index (χ4v) is 7.63. The number of hydrogen-bond donors (Lipinski definition) is 4. The maximum Gasteiger partial charge on any atom is 0.459 e. The van der Waals surface area contributed by atoms with E-state index in [1.54, 1.807) is 39.0 Å². The van der Waals surface area contributed by atoms with E-state index < -0.39 is 62.4 Å². The predicted molar refractivity (Wildman–Crippen MR) is 188 cm³/mol. The van der Waals surface area contributed by atoms with Crippen molar-refractivity contribution in [1.82, 2.24) is 24.6 Å².